The van der Waals surface area contributed by atoms with Crippen LogP contribution in [0.1, 0.15) is 27.2 Å². The Labute approximate surface area is 63.1 Å². The van der Waals surface area contributed by atoms with Crippen molar-refractivity contribution in [1.82, 2.24) is 0 Å². The van der Waals surface area contributed by atoms with Gasteiger partial charge in [-0.1, -0.05) is 26.0 Å². The molecule has 58 valence electrons. The van der Waals surface area contributed by atoms with Crippen LogP contribution in [0.15, 0.2) is 12.2 Å². The van der Waals surface area contributed by atoms with Crippen LogP contribution in [0.4, 0.5) is 0 Å². The maximum Gasteiger partial charge on any atom is 0.0782 e. The lowest BCUT2D eigenvalue weighted by Gasteiger charge is -2.25. The van der Waals surface area contributed by atoms with Gasteiger partial charge in [0.15, 0.2) is 0 Å². The van der Waals surface area contributed by atoms with Gasteiger partial charge in [-0.15, -0.1) is 0 Å². The van der Waals surface area contributed by atoms with Crippen LogP contribution in [0.5, 0.6) is 0 Å². The SMILES string of the molecule is CC(C)[C@@H]1C=CC[C@H](C)O1. The van der Waals surface area contributed by atoms with E-state index in [0.717, 1.165) is 6.42 Å². The quantitative estimate of drug-likeness (QED) is 0.508. The van der Waals surface area contributed by atoms with Crippen LogP contribution in [0.2, 0.25) is 0 Å². The zero-order valence-electron chi connectivity index (χ0n) is 7.00. The molecule has 0 saturated carbocycles. The maximum absolute atomic E-state index is 5.66. The fourth-order valence-corrected chi connectivity index (χ4v) is 1.15. The van der Waals surface area contributed by atoms with Crippen molar-refractivity contribution in [2.24, 2.45) is 5.92 Å². The maximum atomic E-state index is 5.66. The van der Waals surface area contributed by atoms with Gasteiger partial charge in [0, 0.05) is 0 Å². The molecule has 0 N–H and O–H groups in total. The zero-order valence-corrected chi connectivity index (χ0v) is 7.00. The Balaban J connectivity index is 2.47. The lowest BCUT2D eigenvalue weighted by atomic mass is 10.0. The Bertz CT molecular complexity index is 127. The van der Waals surface area contributed by atoms with E-state index in [2.05, 4.69) is 32.9 Å². The summed E-state index contributed by atoms with van der Waals surface area (Å²) in [4.78, 5) is 0. The van der Waals surface area contributed by atoms with Gasteiger partial charge in [0.1, 0.15) is 0 Å². The van der Waals surface area contributed by atoms with E-state index in [4.69, 9.17) is 4.74 Å². The van der Waals surface area contributed by atoms with Crippen LogP contribution in [0, 0.1) is 5.92 Å². The predicted molar refractivity (Wildman–Crippen MR) is 42.9 cm³/mol. The van der Waals surface area contributed by atoms with Crippen LogP contribution in [-0.4, -0.2) is 12.2 Å². The summed E-state index contributed by atoms with van der Waals surface area (Å²) in [5.74, 6) is 0.610. The van der Waals surface area contributed by atoms with Crippen molar-refractivity contribution >= 4 is 0 Å². The van der Waals surface area contributed by atoms with E-state index in [9.17, 15) is 0 Å². The number of hydrogen-bond donors (Lipinski definition) is 0. The van der Waals surface area contributed by atoms with E-state index in [1.54, 1.807) is 0 Å². The van der Waals surface area contributed by atoms with Crippen molar-refractivity contribution in [3.05, 3.63) is 12.2 Å². The third-order valence-corrected chi connectivity index (χ3v) is 1.84. The molecule has 2 atom stereocenters. The summed E-state index contributed by atoms with van der Waals surface area (Å²) >= 11 is 0. The van der Waals surface area contributed by atoms with Crippen molar-refractivity contribution < 1.29 is 4.74 Å². The Kier molecular flexibility index (Phi) is 2.50. The largest absolute Gasteiger partial charge is 0.371 e. The van der Waals surface area contributed by atoms with Gasteiger partial charge in [-0.2, -0.15) is 0 Å². The Morgan fingerprint density at radius 3 is 2.60 bits per heavy atom. The number of ether oxygens (including phenoxy) is 1. The fraction of sp³-hybridized carbons (Fsp3) is 0.778. The minimum atomic E-state index is 0.351. The molecule has 0 bridgehead atoms. The molecule has 0 aromatic rings. The molecular weight excluding hydrogens is 124 g/mol. The Morgan fingerprint density at radius 2 is 2.20 bits per heavy atom. The Morgan fingerprint density at radius 1 is 1.50 bits per heavy atom. The minimum absolute atomic E-state index is 0.351. The summed E-state index contributed by atoms with van der Waals surface area (Å²) in [6, 6.07) is 0. The van der Waals surface area contributed by atoms with Crippen LogP contribution in [0.25, 0.3) is 0 Å². The molecule has 1 aliphatic heterocycles. The molecule has 0 fully saturated rings. The lowest BCUT2D eigenvalue weighted by Crippen LogP contribution is -2.25. The van der Waals surface area contributed by atoms with Gasteiger partial charge in [0.2, 0.25) is 0 Å². The van der Waals surface area contributed by atoms with Gasteiger partial charge in [0.05, 0.1) is 12.2 Å². The third kappa shape index (κ3) is 1.84. The summed E-state index contributed by atoms with van der Waals surface area (Å²) in [5.41, 5.74) is 0. The molecule has 1 nitrogen and oxygen atoms in total. The number of rotatable bonds is 1. The predicted octanol–water partition coefficient (Wildman–Crippen LogP) is 2.38. The van der Waals surface area contributed by atoms with E-state index >= 15 is 0 Å². The first-order chi connectivity index (χ1) is 4.70. The highest BCUT2D eigenvalue weighted by Crippen LogP contribution is 2.17. The molecule has 0 saturated heterocycles. The third-order valence-electron chi connectivity index (χ3n) is 1.84. The van der Waals surface area contributed by atoms with E-state index in [1.165, 1.54) is 0 Å². The molecule has 0 spiro atoms. The molecule has 0 aromatic heterocycles. The second kappa shape index (κ2) is 3.20. The molecule has 0 unspecified atom stereocenters. The van der Waals surface area contributed by atoms with Gasteiger partial charge in [-0.3, -0.25) is 0 Å². The van der Waals surface area contributed by atoms with Crippen molar-refractivity contribution in [2.75, 3.05) is 0 Å². The standard InChI is InChI=1S/C9H16O/c1-7(2)9-6-4-5-8(3)10-9/h4,6-9H,5H2,1-3H3/t8-,9-/m0/s1. The average Bonchev–Trinajstić information content (AvgIpc) is 1.88. The van der Waals surface area contributed by atoms with Crippen molar-refractivity contribution in [3.8, 4) is 0 Å². The second-order valence-corrected chi connectivity index (χ2v) is 3.32. The van der Waals surface area contributed by atoms with Crippen molar-refractivity contribution in [2.45, 2.75) is 39.4 Å². The molecular formula is C9H16O. The van der Waals surface area contributed by atoms with Crippen molar-refractivity contribution in [3.63, 3.8) is 0 Å². The molecule has 1 rings (SSSR count). The molecule has 1 heterocycles. The highest BCUT2D eigenvalue weighted by molar-refractivity contribution is 4.96. The van der Waals surface area contributed by atoms with Crippen molar-refractivity contribution in [1.29, 1.82) is 0 Å². The second-order valence-electron chi connectivity index (χ2n) is 3.32. The molecule has 0 aliphatic carbocycles. The van der Waals surface area contributed by atoms with Crippen LogP contribution in [0.3, 0.4) is 0 Å². The minimum Gasteiger partial charge on any atom is -0.371 e. The summed E-state index contributed by atoms with van der Waals surface area (Å²) in [6.45, 7) is 6.50. The van der Waals surface area contributed by atoms with E-state index in [-0.39, 0.29) is 0 Å². The van der Waals surface area contributed by atoms with Gasteiger partial charge < -0.3 is 4.74 Å². The summed E-state index contributed by atoms with van der Waals surface area (Å²) in [6.07, 6.45) is 6.23. The van der Waals surface area contributed by atoms with E-state index in [0.29, 0.717) is 18.1 Å². The molecule has 0 radical (unpaired) electrons. The highest BCUT2D eigenvalue weighted by Gasteiger charge is 2.16. The molecule has 0 amide bonds. The monoisotopic (exact) mass is 140 g/mol. The molecule has 10 heavy (non-hydrogen) atoms. The smallest absolute Gasteiger partial charge is 0.0782 e. The van der Waals surface area contributed by atoms with E-state index < -0.39 is 0 Å². The number of hydrogen-bond acceptors (Lipinski definition) is 1. The Hall–Kier alpha value is -0.300. The summed E-state index contributed by atoms with van der Waals surface area (Å²) < 4.78 is 5.66. The molecule has 0 aromatic carbocycles. The van der Waals surface area contributed by atoms with E-state index in [1.807, 2.05) is 0 Å². The van der Waals surface area contributed by atoms with Crippen LogP contribution < -0.4 is 0 Å². The fourth-order valence-electron chi connectivity index (χ4n) is 1.15. The lowest BCUT2D eigenvalue weighted by molar-refractivity contribution is -0.00566. The van der Waals surface area contributed by atoms with Gasteiger partial charge in [-0.25, -0.2) is 0 Å². The summed E-state index contributed by atoms with van der Waals surface area (Å²) in [5, 5.41) is 0. The molecule has 1 heteroatoms. The molecule has 1 aliphatic rings. The van der Waals surface area contributed by atoms with Crippen LogP contribution in [-0.2, 0) is 4.74 Å². The highest BCUT2D eigenvalue weighted by atomic mass is 16.5. The van der Waals surface area contributed by atoms with Crippen LogP contribution >= 0.6 is 0 Å². The first-order valence-electron chi connectivity index (χ1n) is 4.02. The first-order valence-corrected chi connectivity index (χ1v) is 4.02. The summed E-state index contributed by atoms with van der Waals surface area (Å²) in [7, 11) is 0. The zero-order chi connectivity index (χ0) is 7.56. The van der Waals surface area contributed by atoms with Gasteiger partial charge in [-0.05, 0) is 19.3 Å². The first kappa shape index (κ1) is 7.80. The normalized spacial score (nSPS) is 33.2. The topological polar surface area (TPSA) is 9.23 Å². The average molecular weight is 140 g/mol. The van der Waals surface area contributed by atoms with Gasteiger partial charge in [0.25, 0.3) is 0 Å². The van der Waals surface area contributed by atoms with Gasteiger partial charge >= 0.3 is 0 Å².